The van der Waals surface area contributed by atoms with Crippen molar-refractivity contribution >= 4 is 117 Å². The number of aromatic nitrogens is 2. The first-order chi connectivity index (χ1) is 50.4. The summed E-state index contributed by atoms with van der Waals surface area (Å²) in [7, 11) is 0. The average Bonchev–Trinajstić information content (AvgIpc) is 1.66. The third kappa shape index (κ3) is 32.3. The van der Waals surface area contributed by atoms with Gasteiger partial charge in [-0.15, -0.1) is 0 Å². The number of guanidine groups is 7. The lowest BCUT2D eigenvalue weighted by Crippen LogP contribution is -2.60. The van der Waals surface area contributed by atoms with Crippen molar-refractivity contribution in [2.75, 3.05) is 45.8 Å². The molecule has 0 unspecified atom stereocenters. The van der Waals surface area contributed by atoms with E-state index in [1.165, 1.54) is 0 Å². The zero-order valence-corrected chi connectivity index (χ0v) is 59.0. The lowest BCUT2D eigenvalue weighted by atomic mass is 10.0. The molecule has 0 saturated heterocycles. The molecular formula is C64H106N32O10. The molecule has 0 aliphatic rings. The number of carboxylic acids is 1. The molecule has 0 radical (unpaired) electrons. The van der Waals surface area contributed by atoms with Gasteiger partial charge in [-0.05, 0) is 120 Å². The smallest absolute Gasteiger partial charge is 0.326 e. The van der Waals surface area contributed by atoms with Gasteiger partial charge in [0, 0.05) is 86.4 Å². The van der Waals surface area contributed by atoms with Gasteiger partial charge in [0.05, 0.1) is 6.04 Å². The van der Waals surface area contributed by atoms with E-state index >= 15 is 0 Å². The topological polar surface area (TPSA) is 761 Å². The predicted octanol–water partition coefficient (Wildman–Crippen LogP) is -6.43. The maximum absolute atomic E-state index is 15.0. The van der Waals surface area contributed by atoms with E-state index in [1.54, 1.807) is 18.5 Å². The first-order valence-electron chi connectivity index (χ1n) is 34.5. The first-order valence-corrected chi connectivity index (χ1v) is 34.5. The van der Waals surface area contributed by atoms with Crippen LogP contribution in [0.15, 0.2) is 60.9 Å². The minimum Gasteiger partial charge on any atom is -0.480 e. The number of benzene rings is 2. The Kier molecular flexibility index (Phi) is 37.0. The molecule has 106 heavy (non-hydrogen) atoms. The molecular weight excluding hydrogens is 1380 g/mol. The van der Waals surface area contributed by atoms with Crippen molar-refractivity contribution in [1.82, 2.24) is 89.7 Å². The van der Waals surface area contributed by atoms with Crippen LogP contribution in [0.25, 0.3) is 21.8 Å². The summed E-state index contributed by atoms with van der Waals surface area (Å²) < 4.78 is 0. The summed E-state index contributed by atoms with van der Waals surface area (Å²) in [4.78, 5) is 136. The van der Waals surface area contributed by atoms with E-state index in [0.29, 0.717) is 5.56 Å². The number of carbonyl (C=O) groups excluding carboxylic acids is 8. The molecule has 582 valence electrons. The van der Waals surface area contributed by atoms with Crippen molar-refractivity contribution in [3.8, 4) is 0 Å². The number of nitrogens with two attached hydrogens (primary N) is 8. The molecule has 8 amide bonds. The Bertz CT molecular complexity index is 3680. The second-order valence-electron chi connectivity index (χ2n) is 24.9. The number of hydrogen-bond acceptors (Lipinski definition) is 17. The maximum atomic E-state index is 15.0. The van der Waals surface area contributed by atoms with Crippen molar-refractivity contribution in [2.24, 2.45) is 45.9 Å². The highest BCUT2D eigenvalue weighted by molar-refractivity contribution is 5.99. The second-order valence-corrected chi connectivity index (χ2v) is 24.9. The number of para-hydroxylation sites is 2. The Labute approximate surface area is 611 Å². The number of hydrogen-bond donors (Lipinski definition) is 33. The number of aliphatic carboxylic acids is 1. The fraction of sp³-hybridized carbons (Fsp3) is 0.500. The largest absolute Gasteiger partial charge is 0.480 e. The number of rotatable bonds is 49. The quantitative estimate of drug-likeness (QED) is 0.0111. The Balaban J connectivity index is 1.72. The van der Waals surface area contributed by atoms with E-state index in [4.69, 9.17) is 83.7 Å². The lowest BCUT2D eigenvalue weighted by molar-refractivity contribution is -0.142. The van der Waals surface area contributed by atoms with E-state index in [-0.39, 0.29) is 160 Å². The maximum Gasteiger partial charge on any atom is 0.326 e. The Morgan fingerprint density at radius 2 is 0.538 bits per heavy atom. The standard InChI is InChI=1S/C64H106N32O10/c65-38(30-34-32-87-39-14-3-1-12-36(34)39)49(97)96-48(31-35-33-88-40-15-4-2-13-37(35)40)56(104)94-45(20-9-27-84-62(74)75)54(102)92-43(18-7-25-82-60(70)71)52(100)90-41(16-5-23-80-58(66)67)50(98)89-42(17-6-24-81-59(68)69)51(99)91-44(19-8-26-83-61(72)73)53(101)93-46(21-10-28-85-63(76)77)55(103)95-47(57(105)106)22-11-29-86-64(78)79/h1-4,12-15,32-33,38,41-48,87-88H,5-11,16-31,65H2,(H,89,98)(H,90,100)(H,91,99)(H,92,102)(H,93,101)(H,94,104)(H,95,103)(H,96,97)(H,105,106)(H4,66,67,80)(H4,68,69,81)(H4,70,71,82)(H4,72,73,83)(H4,74,75,84)(H4,76,77,85)(H4,78,79,86)/t38-,41-,42-,43-,44-,45-,46-,47-,48-/m0/s1. The molecule has 42 heteroatoms. The molecule has 0 fully saturated rings. The van der Waals surface area contributed by atoms with Crippen LogP contribution in [-0.2, 0) is 56.0 Å². The monoisotopic (exact) mass is 1480 g/mol. The van der Waals surface area contributed by atoms with Crippen molar-refractivity contribution < 1.29 is 48.3 Å². The minimum atomic E-state index is -1.57. The Morgan fingerprint density at radius 3 is 0.792 bits per heavy atom. The molecule has 2 aromatic carbocycles. The molecule has 0 bridgehead atoms. The molecule has 42 nitrogen and oxygen atoms in total. The summed E-state index contributed by atoms with van der Waals surface area (Å²) in [5.41, 5.74) is 48.2. The molecule has 0 saturated carbocycles. The van der Waals surface area contributed by atoms with Crippen LogP contribution in [0, 0.1) is 37.9 Å². The highest BCUT2D eigenvalue weighted by atomic mass is 16.4. The summed E-state index contributed by atoms with van der Waals surface area (Å²) in [5, 5.41) is 105. The summed E-state index contributed by atoms with van der Waals surface area (Å²) in [6.45, 7) is 0.166. The molecule has 0 aliphatic carbocycles. The number of H-pyrrole nitrogens is 2. The third-order valence-corrected chi connectivity index (χ3v) is 16.5. The van der Waals surface area contributed by atoms with Crippen LogP contribution < -0.4 is 126 Å². The normalized spacial score (nSPS) is 13.4. The number of aromatic amines is 2. The summed E-state index contributed by atoms with van der Waals surface area (Å²) in [6, 6.07) is 1.57. The number of carboxylic acid groups (broad SMARTS) is 1. The first kappa shape index (κ1) is 86.0. The van der Waals surface area contributed by atoms with Gasteiger partial charge in [0.1, 0.15) is 48.3 Å². The van der Waals surface area contributed by atoms with E-state index < -0.39 is 137 Å². The van der Waals surface area contributed by atoms with Gasteiger partial charge in [-0.3, -0.25) is 76.2 Å². The van der Waals surface area contributed by atoms with Gasteiger partial charge in [0.25, 0.3) is 0 Å². The van der Waals surface area contributed by atoms with Crippen LogP contribution in [0.5, 0.6) is 0 Å². The molecule has 0 spiro atoms. The molecule has 2 aromatic heterocycles. The fourth-order valence-corrected chi connectivity index (χ4v) is 11.1. The van der Waals surface area contributed by atoms with Crippen molar-refractivity contribution in [2.45, 2.75) is 157 Å². The average molecular weight is 1480 g/mol. The number of carbonyl (C=O) groups is 9. The van der Waals surface area contributed by atoms with Gasteiger partial charge >= 0.3 is 5.97 Å². The molecule has 2 heterocycles. The molecule has 9 atom stereocenters. The van der Waals surface area contributed by atoms with Crippen LogP contribution in [0.4, 0.5) is 0 Å². The van der Waals surface area contributed by atoms with E-state index in [1.807, 2.05) is 42.5 Å². The highest BCUT2D eigenvalue weighted by Gasteiger charge is 2.36. The molecule has 0 aliphatic heterocycles. The third-order valence-electron chi connectivity index (χ3n) is 16.5. The molecule has 41 N–H and O–H groups in total. The zero-order valence-electron chi connectivity index (χ0n) is 59.0. The Morgan fingerprint density at radius 1 is 0.321 bits per heavy atom. The summed E-state index contributed by atoms with van der Waals surface area (Å²) in [5.74, 6) is -11.5. The zero-order chi connectivity index (χ0) is 78.3. The van der Waals surface area contributed by atoms with Crippen LogP contribution in [-0.4, -0.2) is 210 Å². The predicted molar refractivity (Wildman–Crippen MR) is 399 cm³/mol. The van der Waals surface area contributed by atoms with Crippen molar-refractivity contribution in [3.63, 3.8) is 0 Å². The number of fused-ring (bicyclic) bond motifs is 2. The van der Waals surface area contributed by atoms with E-state index in [9.17, 15) is 48.3 Å². The van der Waals surface area contributed by atoms with Gasteiger partial charge in [0.15, 0.2) is 41.7 Å². The van der Waals surface area contributed by atoms with Crippen molar-refractivity contribution in [1.29, 1.82) is 37.9 Å². The second kappa shape index (κ2) is 45.6. The highest BCUT2D eigenvalue weighted by Crippen LogP contribution is 2.22. The SMILES string of the molecule is N=C(N)NCCC[C@H](NC(=O)[C@H](CCCNC(=N)N)NC(=O)[C@H](CCCNC(=N)N)NC(=O)[C@H](CCCNC(=N)N)NC(=O)[C@H](CCCNC(=N)N)NC(=O)[C@H](CCCNC(=N)N)NC(=O)[C@H](CCCNC(=N)N)NC(=O)[C@H](Cc1c[nH]c2ccccc12)NC(=O)[C@@H](N)Cc1c[nH]c2ccccc12)C(=O)O. The van der Waals surface area contributed by atoms with Gasteiger partial charge in [0.2, 0.25) is 47.3 Å². The number of nitrogens with one attached hydrogen (secondary N) is 24. The fourth-order valence-electron chi connectivity index (χ4n) is 11.1. The van der Waals surface area contributed by atoms with Crippen molar-refractivity contribution in [3.05, 3.63) is 72.1 Å². The van der Waals surface area contributed by atoms with Crippen LogP contribution in [0.2, 0.25) is 0 Å². The van der Waals surface area contributed by atoms with Gasteiger partial charge < -0.3 is 141 Å². The summed E-state index contributed by atoms with van der Waals surface area (Å²) >= 11 is 0. The molecule has 4 aromatic rings. The van der Waals surface area contributed by atoms with Crippen LogP contribution in [0.3, 0.4) is 0 Å². The van der Waals surface area contributed by atoms with Gasteiger partial charge in [-0.1, -0.05) is 36.4 Å². The van der Waals surface area contributed by atoms with Crippen LogP contribution >= 0.6 is 0 Å². The van der Waals surface area contributed by atoms with E-state index in [0.717, 1.165) is 27.4 Å². The minimum absolute atomic E-state index is 0.00400. The van der Waals surface area contributed by atoms with Gasteiger partial charge in [-0.25, -0.2) is 4.79 Å². The van der Waals surface area contributed by atoms with Crippen LogP contribution in [0.1, 0.15) is 101 Å². The lowest BCUT2D eigenvalue weighted by Gasteiger charge is -2.28. The van der Waals surface area contributed by atoms with Gasteiger partial charge in [-0.2, -0.15) is 0 Å². The summed E-state index contributed by atoms with van der Waals surface area (Å²) in [6.07, 6.45) is 2.64. The molecule has 4 rings (SSSR count). The Hall–Kier alpha value is -12.4. The van der Waals surface area contributed by atoms with E-state index in [2.05, 4.69) is 89.7 Å². The number of amides is 8.